The molecule has 232 valence electrons. The van der Waals surface area contributed by atoms with Gasteiger partial charge in [-0.05, 0) is 70.4 Å². The molecule has 0 radical (unpaired) electrons. The van der Waals surface area contributed by atoms with E-state index in [0.717, 1.165) is 0 Å². The molecule has 0 spiro atoms. The van der Waals surface area contributed by atoms with Crippen molar-refractivity contribution < 1.29 is 34.5 Å². The summed E-state index contributed by atoms with van der Waals surface area (Å²) in [4.78, 5) is 67.7. The third-order valence-corrected chi connectivity index (χ3v) is 8.33. The van der Waals surface area contributed by atoms with E-state index in [-0.39, 0.29) is 41.7 Å². The molecule has 4 rings (SSSR count). The van der Waals surface area contributed by atoms with E-state index >= 15 is 0 Å². The number of nitrogens with one attached hydrogen (secondary N) is 2. The minimum Gasteiger partial charge on any atom is -0.507 e. The zero-order chi connectivity index (χ0) is 32.3. The smallest absolute Gasteiger partial charge is 0.254 e. The number of Topliss-reactive ketones (excluding diaryl/α,β-unsaturated/α-hetero) is 2. The standard InChI is InChI=1S/C29H38N6O8/c1-28(2,3)31-11-17(36)32-15-10-16(34(4)5)13-8-12-9-14-22(35(6)7)21(33-43)20(27(30)41)26(40)29(14,42)25(39)18(12)24(38)19(13)23(15)37/h10,12,14,22,31,37-38,42H,8-9,11H2,1-7H3,(H2,30,41)(H,32,36)/t12-,14-,22-,29-/m0/s1. The highest BCUT2D eigenvalue weighted by Gasteiger charge is 2.65. The lowest BCUT2D eigenvalue weighted by Gasteiger charge is -2.50. The summed E-state index contributed by atoms with van der Waals surface area (Å²) in [7, 11) is 6.56. The number of nitroso groups, excluding NO2 is 1. The number of aromatic hydroxyl groups is 1. The fraction of sp³-hybridized carbons (Fsp3) is 0.517. The van der Waals surface area contributed by atoms with Crippen LogP contribution in [0.5, 0.6) is 5.75 Å². The number of anilines is 2. The van der Waals surface area contributed by atoms with Crippen LogP contribution in [-0.4, -0.2) is 95.5 Å². The predicted molar refractivity (Wildman–Crippen MR) is 158 cm³/mol. The van der Waals surface area contributed by atoms with Gasteiger partial charge in [-0.2, -0.15) is 0 Å². The Hall–Kier alpha value is -4.14. The normalized spacial score (nSPS) is 25.3. The molecule has 1 aromatic carbocycles. The molecule has 43 heavy (non-hydrogen) atoms. The van der Waals surface area contributed by atoms with Crippen LogP contribution in [-0.2, 0) is 25.6 Å². The molecule has 14 heteroatoms. The first-order valence-electron chi connectivity index (χ1n) is 13.8. The summed E-state index contributed by atoms with van der Waals surface area (Å²) in [6.45, 7) is 5.59. The number of phenols is 1. The number of carbonyl (C=O) groups is 4. The Morgan fingerprint density at radius 2 is 1.77 bits per heavy atom. The molecule has 0 aliphatic heterocycles. The molecule has 4 atom stereocenters. The number of likely N-dealkylation sites (N-methyl/N-ethyl adjacent to an activating group) is 1. The largest absolute Gasteiger partial charge is 0.507 e. The summed E-state index contributed by atoms with van der Waals surface area (Å²) in [6.07, 6.45) is 0.0593. The first-order valence-corrected chi connectivity index (χ1v) is 13.8. The number of hydrogen-bond acceptors (Lipinski definition) is 12. The van der Waals surface area contributed by atoms with Crippen molar-refractivity contribution in [2.24, 2.45) is 22.7 Å². The lowest BCUT2D eigenvalue weighted by Crippen LogP contribution is -2.67. The van der Waals surface area contributed by atoms with Gasteiger partial charge in [0.2, 0.25) is 17.5 Å². The molecule has 1 fully saturated rings. The van der Waals surface area contributed by atoms with Crippen LogP contribution in [0.3, 0.4) is 0 Å². The van der Waals surface area contributed by atoms with Gasteiger partial charge in [0, 0.05) is 36.8 Å². The second-order valence-electron chi connectivity index (χ2n) is 12.7. The zero-order valence-corrected chi connectivity index (χ0v) is 25.2. The number of carbonyl (C=O) groups excluding carboxylic acids is 4. The van der Waals surface area contributed by atoms with E-state index in [1.165, 1.54) is 4.90 Å². The van der Waals surface area contributed by atoms with Crippen molar-refractivity contribution >= 4 is 40.5 Å². The number of benzene rings is 1. The SMILES string of the molecule is CN(C)c1cc(NC(=O)CNC(C)(C)C)c(O)c2c1C[C@H]1C[C@H]3[C@H](N(C)C)C(N=O)=C(C(N)=O)C(=O)[C@@]3(O)C(=O)C1=C2O. The summed E-state index contributed by atoms with van der Waals surface area (Å²) in [5, 5.41) is 43.3. The van der Waals surface area contributed by atoms with Crippen molar-refractivity contribution in [1.82, 2.24) is 10.2 Å². The van der Waals surface area contributed by atoms with Gasteiger partial charge in [-0.3, -0.25) is 19.2 Å². The van der Waals surface area contributed by atoms with Crippen LogP contribution in [0.4, 0.5) is 11.4 Å². The first kappa shape index (κ1) is 31.8. The number of phenolic OH excluding ortho intramolecular Hbond substituents is 1. The summed E-state index contributed by atoms with van der Waals surface area (Å²) >= 11 is 0. The van der Waals surface area contributed by atoms with Crippen molar-refractivity contribution in [3.8, 4) is 5.75 Å². The summed E-state index contributed by atoms with van der Waals surface area (Å²) in [5.74, 6) is -7.41. The number of ketones is 2. The average Bonchev–Trinajstić information content (AvgIpc) is 2.89. The van der Waals surface area contributed by atoms with Gasteiger partial charge in [0.1, 0.15) is 22.8 Å². The molecule has 0 heterocycles. The Bertz CT molecular complexity index is 1500. The van der Waals surface area contributed by atoms with E-state index in [1.807, 2.05) is 20.8 Å². The molecule has 0 unspecified atom stereocenters. The average molecular weight is 599 g/mol. The van der Waals surface area contributed by atoms with Crippen LogP contribution in [0.1, 0.15) is 38.3 Å². The Balaban J connectivity index is 1.89. The van der Waals surface area contributed by atoms with Crippen molar-refractivity contribution in [1.29, 1.82) is 0 Å². The fourth-order valence-corrected chi connectivity index (χ4v) is 6.43. The summed E-state index contributed by atoms with van der Waals surface area (Å²) < 4.78 is 0. The highest BCUT2D eigenvalue weighted by atomic mass is 16.3. The molecule has 3 aliphatic rings. The van der Waals surface area contributed by atoms with Crippen molar-refractivity contribution in [3.63, 3.8) is 0 Å². The molecule has 7 N–H and O–H groups in total. The van der Waals surface area contributed by atoms with E-state index in [9.17, 15) is 39.4 Å². The van der Waals surface area contributed by atoms with Gasteiger partial charge in [-0.15, -0.1) is 4.91 Å². The van der Waals surface area contributed by atoms with Crippen LogP contribution in [0.2, 0.25) is 0 Å². The maximum atomic E-state index is 14.1. The second kappa shape index (κ2) is 10.8. The lowest BCUT2D eigenvalue weighted by molar-refractivity contribution is -0.161. The predicted octanol–water partition coefficient (Wildman–Crippen LogP) is 0.565. The van der Waals surface area contributed by atoms with Crippen LogP contribution in [0, 0.1) is 16.7 Å². The Kier molecular flexibility index (Phi) is 8.02. The topological polar surface area (TPSA) is 215 Å². The maximum Gasteiger partial charge on any atom is 0.254 e. The number of nitrogens with zero attached hydrogens (tertiary/aromatic N) is 3. The highest BCUT2D eigenvalue weighted by molar-refractivity contribution is 6.33. The summed E-state index contributed by atoms with van der Waals surface area (Å²) in [5.41, 5.74) is 1.45. The van der Waals surface area contributed by atoms with E-state index < -0.39 is 69.6 Å². The van der Waals surface area contributed by atoms with Crippen molar-refractivity contribution in [2.75, 3.05) is 45.0 Å². The molecular formula is C29H38N6O8. The molecule has 0 aromatic heterocycles. The Morgan fingerprint density at radius 3 is 2.28 bits per heavy atom. The fourth-order valence-electron chi connectivity index (χ4n) is 6.43. The molecule has 2 amide bonds. The quantitative estimate of drug-likeness (QED) is 0.110. The number of nitrogens with two attached hydrogens (primary N) is 1. The molecular weight excluding hydrogens is 560 g/mol. The number of primary amides is 1. The maximum absolute atomic E-state index is 14.1. The lowest BCUT2D eigenvalue weighted by atomic mass is 9.56. The minimum absolute atomic E-state index is 0.0179. The van der Waals surface area contributed by atoms with E-state index in [4.69, 9.17) is 5.73 Å². The number of aliphatic hydroxyl groups is 2. The van der Waals surface area contributed by atoms with E-state index in [0.29, 0.717) is 11.3 Å². The highest BCUT2D eigenvalue weighted by Crippen LogP contribution is 2.54. The van der Waals surface area contributed by atoms with Crippen LogP contribution in [0.25, 0.3) is 5.76 Å². The van der Waals surface area contributed by atoms with Crippen molar-refractivity contribution in [3.05, 3.63) is 38.9 Å². The van der Waals surface area contributed by atoms with E-state index in [2.05, 4.69) is 15.8 Å². The first-order chi connectivity index (χ1) is 19.9. The van der Waals surface area contributed by atoms with Gasteiger partial charge >= 0.3 is 0 Å². The molecule has 14 nitrogen and oxygen atoms in total. The van der Waals surface area contributed by atoms with Crippen molar-refractivity contribution in [2.45, 2.75) is 50.8 Å². The zero-order valence-electron chi connectivity index (χ0n) is 25.2. The number of amides is 2. The number of hydrogen-bond donors (Lipinski definition) is 6. The monoisotopic (exact) mass is 598 g/mol. The van der Waals surface area contributed by atoms with E-state index in [1.54, 1.807) is 39.2 Å². The number of aliphatic hydroxyl groups excluding tert-OH is 1. The Labute approximate surface area is 248 Å². The minimum atomic E-state index is -2.84. The van der Waals surface area contributed by atoms with Gasteiger partial charge in [-0.1, -0.05) is 0 Å². The number of fused-ring (bicyclic) bond motifs is 3. The van der Waals surface area contributed by atoms with Gasteiger partial charge in [0.15, 0.2) is 5.60 Å². The van der Waals surface area contributed by atoms with Gasteiger partial charge < -0.3 is 41.5 Å². The van der Waals surface area contributed by atoms with Crippen LogP contribution >= 0.6 is 0 Å². The summed E-state index contributed by atoms with van der Waals surface area (Å²) in [6, 6.07) is 0.448. The molecule has 0 saturated heterocycles. The van der Waals surface area contributed by atoms with Gasteiger partial charge in [0.05, 0.1) is 23.8 Å². The third-order valence-electron chi connectivity index (χ3n) is 8.33. The van der Waals surface area contributed by atoms with Crippen LogP contribution < -0.4 is 21.3 Å². The molecule has 3 aliphatic carbocycles. The molecule has 1 saturated carbocycles. The van der Waals surface area contributed by atoms with Crippen LogP contribution in [0.15, 0.2) is 28.1 Å². The molecule has 1 aromatic rings. The third kappa shape index (κ3) is 5.08. The van der Waals surface area contributed by atoms with Gasteiger partial charge in [0.25, 0.3) is 5.91 Å². The Morgan fingerprint density at radius 1 is 1.14 bits per heavy atom. The number of rotatable bonds is 7. The van der Waals surface area contributed by atoms with Gasteiger partial charge in [-0.25, -0.2) is 0 Å². The molecule has 0 bridgehead atoms. The second-order valence-corrected chi connectivity index (χ2v) is 12.7.